The molecule has 0 aliphatic heterocycles. The van der Waals surface area contributed by atoms with Crippen LogP contribution in [-0.4, -0.2) is 29.8 Å². The molecule has 1 rings (SSSR count). The molecule has 74 valence electrons. The Labute approximate surface area is 77.9 Å². The number of hydrogen-bond acceptors (Lipinski definition) is 5. The van der Waals surface area contributed by atoms with E-state index in [4.69, 9.17) is 4.52 Å². The van der Waals surface area contributed by atoms with Gasteiger partial charge in [-0.3, -0.25) is 0 Å². The zero-order valence-corrected chi connectivity index (χ0v) is 8.13. The van der Waals surface area contributed by atoms with Gasteiger partial charge in [0.2, 0.25) is 0 Å². The lowest BCUT2D eigenvalue weighted by molar-refractivity contribution is 0.425. The van der Waals surface area contributed by atoms with Crippen molar-refractivity contribution in [2.45, 2.75) is 20.3 Å². The molecule has 5 heteroatoms. The van der Waals surface area contributed by atoms with Crippen molar-refractivity contribution in [3.63, 3.8) is 0 Å². The average Bonchev–Trinajstić information content (AvgIpc) is 2.51. The molecule has 0 amide bonds. The molecule has 0 aliphatic carbocycles. The average molecular weight is 184 g/mol. The molecule has 0 spiro atoms. The standard InChI is InChI=1S/C8H16N4O/c1-3-9-5-4-6-10-8-11-7(2)12-13-8/h9H,3-6H2,1-2H3,(H,10,11,12). The summed E-state index contributed by atoms with van der Waals surface area (Å²) in [5.74, 6) is 0.661. The molecule has 0 aliphatic rings. The predicted molar refractivity (Wildman–Crippen MR) is 50.7 cm³/mol. The van der Waals surface area contributed by atoms with Crippen LogP contribution in [0.5, 0.6) is 0 Å². The van der Waals surface area contributed by atoms with Crippen LogP contribution in [0.2, 0.25) is 0 Å². The molecular formula is C8H16N4O. The van der Waals surface area contributed by atoms with E-state index in [-0.39, 0.29) is 0 Å². The second kappa shape index (κ2) is 5.53. The highest BCUT2D eigenvalue weighted by atomic mass is 16.5. The Kier molecular flexibility index (Phi) is 4.25. The first-order valence-electron chi connectivity index (χ1n) is 4.58. The van der Waals surface area contributed by atoms with E-state index in [9.17, 15) is 0 Å². The Morgan fingerprint density at radius 2 is 2.23 bits per heavy atom. The maximum atomic E-state index is 4.88. The second-order valence-electron chi connectivity index (χ2n) is 2.78. The summed E-state index contributed by atoms with van der Waals surface area (Å²) in [5, 5.41) is 9.94. The van der Waals surface area contributed by atoms with Crippen LogP contribution in [0.3, 0.4) is 0 Å². The SMILES string of the molecule is CCNCCCNc1nc(C)no1. The van der Waals surface area contributed by atoms with Crippen molar-refractivity contribution in [2.75, 3.05) is 25.0 Å². The monoisotopic (exact) mass is 184 g/mol. The summed E-state index contributed by atoms with van der Waals surface area (Å²) in [6.07, 6.45) is 1.05. The fraction of sp³-hybridized carbons (Fsp3) is 0.750. The van der Waals surface area contributed by atoms with E-state index in [0.717, 1.165) is 26.1 Å². The molecule has 5 nitrogen and oxygen atoms in total. The van der Waals surface area contributed by atoms with Crippen molar-refractivity contribution >= 4 is 6.01 Å². The molecule has 0 saturated carbocycles. The van der Waals surface area contributed by atoms with E-state index < -0.39 is 0 Å². The van der Waals surface area contributed by atoms with Crippen molar-refractivity contribution in [3.05, 3.63) is 5.82 Å². The van der Waals surface area contributed by atoms with Gasteiger partial charge in [0.05, 0.1) is 0 Å². The Hall–Kier alpha value is -1.10. The lowest BCUT2D eigenvalue weighted by atomic mass is 10.4. The fourth-order valence-electron chi connectivity index (χ4n) is 0.954. The molecule has 0 radical (unpaired) electrons. The van der Waals surface area contributed by atoms with Crippen LogP contribution < -0.4 is 10.6 Å². The highest BCUT2D eigenvalue weighted by Gasteiger charge is 1.99. The van der Waals surface area contributed by atoms with E-state index in [0.29, 0.717) is 11.8 Å². The minimum Gasteiger partial charge on any atom is -0.338 e. The smallest absolute Gasteiger partial charge is 0.321 e. The number of hydrogen-bond donors (Lipinski definition) is 2. The first-order chi connectivity index (χ1) is 6.33. The number of anilines is 1. The summed E-state index contributed by atoms with van der Waals surface area (Å²) in [5.41, 5.74) is 0. The second-order valence-corrected chi connectivity index (χ2v) is 2.78. The Morgan fingerprint density at radius 1 is 1.38 bits per heavy atom. The summed E-state index contributed by atoms with van der Waals surface area (Å²) in [7, 11) is 0. The summed E-state index contributed by atoms with van der Waals surface area (Å²) in [6.45, 7) is 6.77. The lowest BCUT2D eigenvalue weighted by Crippen LogP contribution is -2.17. The van der Waals surface area contributed by atoms with Crippen LogP contribution in [-0.2, 0) is 0 Å². The summed E-state index contributed by atoms with van der Waals surface area (Å²) < 4.78 is 4.88. The van der Waals surface area contributed by atoms with Crippen molar-refractivity contribution in [2.24, 2.45) is 0 Å². The molecule has 2 N–H and O–H groups in total. The maximum Gasteiger partial charge on any atom is 0.321 e. The van der Waals surface area contributed by atoms with Crippen LogP contribution in [0.4, 0.5) is 6.01 Å². The molecule has 1 aromatic rings. The molecule has 13 heavy (non-hydrogen) atoms. The molecule has 1 aromatic heterocycles. The Balaban J connectivity index is 2.06. The van der Waals surface area contributed by atoms with E-state index in [1.54, 1.807) is 6.92 Å². The Bertz CT molecular complexity index is 236. The van der Waals surface area contributed by atoms with Gasteiger partial charge in [0.15, 0.2) is 5.82 Å². The van der Waals surface area contributed by atoms with E-state index in [1.165, 1.54) is 0 Å². The van der Waals surface area contributed by atoms with Gasteiger partial charge >= 0.3 is 6.01 Å². The summed E-state index contributed by atoms with van der Waals surface area (Å²) in [4.78, 5) is 4.02. The summed E-state index contributed by atoms with van der Waals surface area (Å²) >= 11 is 0. The highest BCUT2D eigenvalue weighted by Crippen LogP contribution is 2.00. The first-order valence-corrected chi connectivity index (χ1v) is 4.58. The van der Waals surface area contributed by atoms with Gasteiger partial charge in [0.1, 0.15) is 0 Å². The zero-order valence-electron chi connectivity index (χ0n) is 8.13. The van der Waals surface area contributed by atoms with Crippen LogP contribution in [0, 0.1) is 6.92 Å². The van der Waals surface area contributed by atoms with Crippen molar-refractivity contribution in [3.8, 4) is 0 Å². The van der Waals surface area contributed by atoms with Gasteiger partial charge in [0.25, 0.3) is 0 Å². The van der Waals surface area contributed by atoms with Crippen molar-refractivity contribution < 1.29 is 4.52 Å². The number of nitrogens with one attached hydrogen (secondary N) is 2. The van der Waals surface area contributed by atoms with Crippen LogP contribution >= 0.6 is 0 Å². The van der Waals surface area contributed by atoms with Crippen molar-refractivity contribution in [1.29, 1.82) is 0 Å². The Morgan fingerprint density at radius 3 is 2.85 bits per heavy atom. The molecular weight excluding hydrogens is 168 g/mol. The largest absolute Gasteiger partial charge is 0.338 e. The van der Waals surface area contributed by atoms with Gasteiger partial charge in [-0.15, -0.1) is 0 Å². The number of rotatable bonds is 6. The predicted octanol–water partition coefficient (Wildman–Crippen LogP) is 0.790. The van der Waals surface area contributed by atoms with Crippen LogP contribution in [0.1, 0.15) is 19.2 Å². The third-order valence-electron chi connectivity index (χ3n) is 1.58. The number of nitrogens with zero attached hydrogens (tertiary/aromatic N) is 2. The number of aromatic nitrogens is 2. The minimum atomic E-state index is 0.508. The maximum absolute atomic E-state index is 4.88. The van der Waals surface area contributed by atoms with Gasteiger partial charge in [-0.2, -0.15) is 4.98 Å². The highest BCUT2D eigenvalue weighted by molar-refractivity contribution is 5.17. The van der Waals surface area contributed by atoms with Gasteiger partial charge < -0.3 is 15.2 Å². The molecule has 0 unspecified atom stereocenters. The third-order valence-corrected chi connectivity index (χ3v) is 1.58. The van der Waals surface area contributed by atoms with E-state index in [1.807, 2.05) is 0 Å². The van der Waals surface area contributed by atoms with Gasteiger partial charge in [0, 0.05) is 6.54 Å². The zero-order chi connectivity index (χ0) is 9.52. The number of aryl methyl sites for hydroxylation is 1. The van der Waals surface area contributed by atoms with E-state index in [2.05, 4.69) is 27.7 Å². The quantitative estimate of drug-likeness (QED) is 0.640. The van der Waals surface area contributed by atoms with Crippen LogP contribution in [0.25, 0.3) is 0 Å². The lowest BCUT2D eigenvalue weighted by Gasteiger charge is -2.00. The normalized spacial score (nSPS) is 10.3. The first kappa shape index (κ1) is 9.98. The summed E-state index contributed by atoms with van der Waals surface area (Å²) in [6, 6.07) is 0.508. The molecule has 0 saturated heterocycles. The molecule has 0 bridgehead atoms. The molecule has 1 heterocycles. The molecule has 0 aromatic carbocycles. The third kappa shape index (κ3) is 3.89. The van der Waals surface area contributed by atoms with Gasteiger partial charge in [-0.1, -0.05) is 12.1 Å². The topological polar surface area (TPSA) is 63.0 Å². The molecule has 0 fully saturated rings. The van der Waals surface area contributed by atoms with Crippen LogP contribution in [0.15, 0.2) is 4.52 Å². The van der Waals surface area contributed by atoms with Gasteiger partial charge in [-0.25, -0.2) is 0 Å². The van der Waals surface area contributed by atoms with Gasteiger partial charge in [-0.05, 0) is 26.4 Å². The minimum absolute atomic E-state index is 0.508. The van der Waals surface area contributed by atoms with E-state index >= 15 is 0 Å². The van der Waals surface area contributed by atoms with Crippen molar-refractivity contribution in [1.82, 2.24) is 15.5 Å². The molecule has 0 atom stereocenters. The fourth-order valence-corrected chi connectivity index (χ4v) is 0.954.